The van der Waals surface area contributed by atoms with E-state index in [0.717, 1.165) is 5.56 Å². The Morgan fingerprint density at radius 2 is 2.13 bits per heavy atom. The minimum absolute atomic E-state index is 0.295. The van der Waals surface area contributed by atoms with E-state index in [-0.39, 0.29) is 0 Å². The van der Waals surface area contributed by atoms with E-state index in [9.17, 15) is 8.42 Å². The lowest BCUT2D eigenvalue weighted by Gasteiger charge is -2.06. The fourth-order valence-corrected chi connectivity index (χ4v) is 3.15. The Bertz CT molecular complexity index is 445. The molecule has 1 aromatic rings. The van der Waals surface area contributed by atoms with Crippen LogP contribution in [0.1, 0.15) is 5.56 Å². The van der Waals surface area contributed by atoms with Gasteiger partial charge in [-0.25, -0.2) is 8.42 Å². The molecular formula is C9H12BrNO3S. The van der Waals surface area contributed by atoms with Crippen molar-refractivity contribution in [2.45, 2.75) is 11.4 Å². The van der Waals surface area contributed by atoms with Gasteiger partial charge in [-0.3, -0.25) is 0 Å². The largest absolute Gasteiger partial charge is 0.305 e. The highest BCUT2D eigenvalue weighted by Gasteiger charge is 2.11. The highest BCUT2D eigenvalue weighted by Crippen LogP contribution is 2.23. The van der Waals surface area contributed by atoms with Gasteiger partial charge in [-0.2, -0.15) is 5.48 Å². The summed E-state index contributed by atoms with van der Waals surface area (Å²) in [6.45, 7) is 0.527. The maximum Gasteiger partial charge on any atom is 0.176 e. The molecule has 0 atom stereocenters. The van der Waals surface area contributed by atoms with Crippen molar-refractivity contribution in [2.75, 3.05) is 13.4 Å². The van der Waals surface area contributed by atoms with Crippen LogP contribution in [-0.2, 0) is 21.2 Å². The molecule has 0 unspecified atom stereocenters. The van der Waals surface area contributed by atoms with E-state index >= 15 is 0 Å². The summed E-state index contributed by atoms with van der Waals surface area (Å²) in [5.41, 5.74) is 3.62. The predicted molar refractivity (Wildman–Crippen MR) is 61.1 cm³/mol. The number of hydroxylamine groups is 1. The Labute approximate surface area is 97.6 Å². The molecule has 0 amide bonds. The molecule has 0 aliphatic rings. The van der Waals surface area contributed by atoms with Gasteiger partial charge in [0.2, 0.25) is 0 Å². The van der Waals surface area contributed by atoms with Gasteiger partial charge in [-0.1, -0.05) is 6.07 Å². The summed E-state index contributed by atoms with van der Waals surface area (Å²) in [6, 6.07) is 5.07. The van der Waals surface area contributed by atoms with Gasteiger partial charge < -0.3 is 4.84 Å². The first kappa shape index (κ1) is 12.6. The molecule has 0 spiro atoms. The Morgan fingerprint density at radius 3 is 2.60 bits per heavy atom. The molecule has 15 heavy (non-hydrogen) atoms. The summed E-state index contributed by atoms with van der Waals surface area (Å²) in [7, 11) is -1.64. The van der Waals surface area contributed by atoms with E-state index in [1.807, 2.05) is 0 Å². The molecule has 0 aromatic heterocycles. The van der Waals surface area contributed by atoms with Crippen molar-refractivity contribution in [1.29, 1.82) is 0 Å². The molecule has 1 aromatic carbocycles. The average Bonchev–Trinajstić information content (AvgIpc) is 2.12. The van der Waals surface area contributed by atoms with Crippen LogP contribution in [0.3, 0.4) is 0 Å². The highest BCUT2D eigenvalue weighted by molar-refractivity contribution is 9.10. The normalized spacial score (nSPS) is 11.7. The molecule has 6 heteroatoms. The third-order valence-corrected chi connectivity index (χ3v) is 3.89. The van der Waals surface area contributed by atoms with Crippen molar-refractivity contribution >= 4 is 25.8 Å². The quantitative estimate of drug-likeness (QED) is 0.855. The van der Waals surface area contributed by atoms with Gasteiger partial charge in [-0.05, 0) is 33.6 Å². The molecule has 1 rings (SSSR count). The molecule has 0 aliphatic carbocycles. The van der Waals surface area contributed by atoms with Crippen LogP contribution in [0.5, 0.6) is 0 Å². The van der Waals surface area contributed by atoms with Crippen molar-refractivity contribution in [3.05, 3.63) is 28.2 Å². The van der Waals surface area contributed by atoms with Crippen LogP contribution in [0, 0.1) is 0 Å². The van der Waals surface area contributed by atoms with Crippen molar-refractivity contribution < 1.29 is 13.3 Å². The lowest BCUT2D eigenvalue weighted by molar-refractivity contribution is 0.0867. The van der Waals surface area contributed by atoms with Crippen LogP contribution in [-0.4, -0.2) is 21.8 Å². The van der Waals surface area contributed by atoms with E-state index in [1.54, 1.807) is 18.2 Å². The fraction of sp³-hybridized carbons (Fsp3) is 0.333. The first-order valence-corrected chi connectivity index (χ1v) is 6.88. The molecule has 84 valence electrons. The number of rotatable bonds is 4. The smallest absolute Gasteiger partial charge is 0.176 e. The first-order chi connectivity index (χ1) is 6.95. The second-order valence-electron chi connectivity index (χ2n) is 3.06. The van der Waals surface area contributed by atoms with Crippen LogP contribution in [0.25, 0.3) is 0 Å². The molecule has 0 saturated heterocycles. The third-order valence-electron chi connectivity index (χ3n) is 1.82. The minimum atomic E-state index is -3.17. The lowest BCUT2D eigenvalue weighted by Crippen LogP contribution is -2.11. The lowest BCUT2D eigenvalue weighted by atomic mass is 10.2. The average molecular weight is 294 g/mol. The van der Waals surface area contributed by atoms with Gasteiger partial charge in [0.15, 0.2) is 9.84 Å². The summed E-state index contributed by atoms with van der Waals surface area (Å²) in [4.78, 5) is 4.99. The molecule has 4 nitrogen and oxygen atoms in total. The van der Waals surface area contributed by atoms with Gasteiger partial charge in [0.1, 0.15) is 0 Å². The first-order valence-electron chi connectivity index (χ1n) is 4.19. The summed E-state index contributed by atoms with van der Waals surface area (Å²) in [6.07, 6.45) is 1.18. The summed E-state index contributed by atoms with van der Waals surface area (Å²) in [5, 5.41) is 0. The van der Waals surface area contributed by atoms with Crippen LogP contribution in [0.15, 0.2) is 27.6 Å². The minimum Gasteiger partial charge on any atom is -0.305 e. The number of benzene rings is 1. The van der Waals surface area contributed by atoms with Crippen LogP contribution < -0.4 is 5.48 Å². The van der Waals surface area contributed by atoms with E-state index in [1.165, 1.54) is 13.4 Å². The van der Waals surface area contributed by atoms with Crippen LogP contribution in [0.4, 0.5) is 0 Å². The second kappa shape index (κ2) is 5.07. The number of sulfone groups is 1. The fourth-order valence-electron chi connectivity index (χ4n) is 1.11. The highest BCUT2D eigenvalue weighted by atomic mass is 79.9. The summed E-state index contributed by atoms with van der Waals surface area (Å²) < 4.78 is 23.2. The SMILES string of the molecule is CONCc1ccc(S(C)(=O)=O)c(Br)c1. The molecule has 0 heterocycles. The maximum absolute atomic E-state index is 11.3. The van der Waals surface area contributed by atoms with Crippen molar-refractivity contribution in [3.63, 3.8) is 0 Å². The standard InChI is InChI=1S/C9H12BrNO3S/c1-14-11-6-7-3-4-9(8(10)5-7)15(2,12)13/h3-5,11H,6H2,1-2H3. The van der Waals surface area contributed by atoms with E-state index in [0.29, 0.717) is 15.9 Å². The second-order valence-corrected chi connectivity index (χ2v) is 5.90. The van der Waals surface area contributed by atoms with Gasteiger partial charge in [-0.15, -0.1) is 0 Å². The molecule has 0 saturated carbocycles. The van der Waals surface area contributed by atoms with Gasteiger partial charge >= 0.3 is 0 Å². The van der Waals surface area contributed by atoms with Crippen molar-refractivity contribution in [1.82, 2.24) is 5.48 Å². The molecule has 0 bridgehead atoms. The predicted octanol–water partition coefficient (Wildman–Crippen LogP) is 1.50. The molecule has 0 radical (unpaired) electrons. The molecule has 0 fully saturated rings. The van der Waals surface area contributed by atoms with Crippen LogP contribution in [0.2, 0.25) is 0 Å². The van der Waals surface area contributed by atoms with E-state index in [2.05, 4.69) is 21.4 Å². The Balaban J connectivity index is 2.99. The third kappa shape index (κ3) is 3.57. The molecular weight excluding hydrogens is 282 g/mol. The Morgan fingerprint density at radius 1 is 1.47 bits per heavy atom. The van der Waals surface area contributed by atoms with Gasteiger partial charge in [0.05, 0.1) is 12.0 Å². The summed E-state index contributed by atoms with van der Waals surface area (Å²) in [5.74, 6) is 0. The topological polar surface area (TPSA) is 55.4 Å². The number of hydrogen-bond acceptors (Lipinski definition) is 4. The zero-order valence-corrected chi connectivity index (χ0v) is 10.9. The Hall–Kier alpha value is -0.430. The van der Waals surface area contributed by atoms with Gasteiger partial charge in [0, 0.05) is 17.3 Å². The van der Waals surface area contributed by atoms with Gasteiger partial charge in [0.25, 0.3) is 0 Å². The van der Waals surface area contributed by atoms with E-state index in [4.69, 9.17) is 4.84 Å². The number of nitrogens with one attached hydrogen (secondary N) is 1. The zero-order valence-electron chi connectivity index (χ0n) is 8.45. The zero-order chi connectivity index (χ0) is 11.5. The Kier molecular flexibility index (Phi) is 4.27. The van der Waals surface area contributed by atoms with Crippen LogP contribution >= 0.6 is 15.9 Å². The summed E-state index contributed by atoms with van der Waals surface area (Å²) >= 11 is 3.23. The molecule has 1 N–H and O–H groups in total. The van der Waals surface area contributed by atoms with Crippen molar-refractivity contribution in [2.24, 2.45) is 0 Å². The molecule has 0 aliphatic heterocycles. The monoisotopic (exact) mass is 293 g/mol. The number of hydrogen-bond donors (Lipinski definition) is 1. The maximum atomic E-state index is 11.3. The van der Waals surface area contributed by atoms with Crippen molar-refractivity contribution in [3.8, 4) is 0 Å². The van der Waals surface area contributed by atoms with E-state index < -0.39 is 9.84 Å². The number of halogens is 1.